The minimum atomic E-state index is -3.70. The van der Waals surface area contributed by atoms with Crippen molar-refractivity contribution in [3.05, 3.63) is 59.7 Å². The van der Waals surface area contributed by atoms with Crippen LogP contribution >= 0.6 is 0 Å². The highest BCUT2D eigenvalue weighted by Crippen LogP contribution is 2.15. The van der Waals surface area contributed by atoms with Crippen molar-refractivity contribution < 1.29 is 27.5 Å². The number of anilines is 1. The lowest BCUT2D eigenvalue weighted by molar-refractivity contribution is -0.113. The van der Waals surface area contributed by atoms with Crippen LogP contribution in [0, 0.1) is 0 Å². The van der Waals surface area contributed by atoms with E-state index in [1.54, 1.807) is 36.4 Å². The molecule has 1 N–H and O–H groups in total. The number of benzene rings is 2. The van der Waals surface area contributed by atoms with E-state index in [0.29, 0.717) is 17.0 Å². The zero-order chi connectivity index (χ0) is 19.2. The number of rotatable bonds is 7. The van der Waals surface area contributed by atoms with Gasteiger partial charge in [0.1, 0.15) is 11.5 Å². The number of hydrogen-bond donors (Lipinski definition) is 1. The molecule has 0 unspecified atom stereocenters. The maximum absolute atomic E-state index is 12.3. The van der Waals surface area contributed by atoms with Gasteiger partial charge in [-0.25, -0.2) is 13.2 Å². The average molecular weight is 377 g/mol. The molecule has 26 heavy (non-hydrogen) atoms. The average Bonchev–Trinajstić information content (AvgIpc) is 2.60. The molecule has 2 rings (SSSR count). The molecule has 0 fully saturated rings. The van der Waals surface area contributed by atoms with E-state index in [0.717, 1.165) is 0 Å². The number of nitrogens with one attached hydrogen (secondary N) is 1. The Morgan fingerprint density at radius 2 is 1.73 bits per heavy atom. The minimum absolute atomic E-state index is 0.253. The lowest BCUT2D eigenvalue weighted by Crippen LogP contribution is -2.24. The Kier molecular flexibility index (Phi) is 6.35. The van der Waals surface area contributed by atoms with Crippen molar-refractivity contribution >= 4 is 27.4 Å². The molecule has 0 saturated heterocycles. The van der Waals surface area contributed by atoms with Gasteiger partial charge in [0.25, 0.3) is 0 Å². The van der Waals surface area contributed by atoms with E-state index in [9.17, 15) is 18.0 Å². The largest absolute Gasteiger partial charge is 0.497 e. The molecule has 0 aliphatic heterocycles. The second-order valence-corrected chi connectivity index (χ2v) is 7.57. The van der Waals surface area contributed by atoms with Crippen molar-refractivity contribution in [1.82, 2.24) is 0 Å². The summed E-state index contributed by atoms with van der Waals surface area (Å²) in [6.45, 7) is 0. The van der Waals surface area contributed by atoms with E-state index >= 15 is 0 Å². The second-order valence-electron chi connectivity index (χ2n) is 5.50. The third-order valence-electron chi connectivity index (χ3n) is 3.46. The fourth-order valence-electron chi connectivity index (χ4n) is 2.28. The summed E-state index contributed by atoms with van der Waals surface area (Å²) in [5.41, 5.74) is 1.13. The molecule has 0 bridgehead atoms. The Hall–Kier alpha value is -2.87. The van der Waals surface area contributed by atoms with Gasteiger partial charge in [-0.05, 0) is 42.0 Å². The molecule has 2 aromatic rings. The van der Waals surface area contributed by atoms with Gasteiger partial charge < -0.3 is 14.8 Å². The molecule has 138 valence electrons. The van der Waals surface area contributed by atoms with Gasteiger partial charge in [0.15, 0.2) is 9.84 Å². The third kappa shape index (κ3) is 5.59. The Bertz CT molecular complexity index is 890. The SMILES string of the molecule is COC(=O)c1cccc(CS(=O)(=O)CC(=O)Nc2ccc(OC)cc2)c1. The highest BCUT2D eigenvalue weighted by molar-refractivity contribution is 7.91. The van der Waals surface area contributed by atoms with Crippen molar-refractivity contribution in [2.45, 2.75) is 5.75 Å². The molecule has 0 spiro atoms. The topological polar surface area (TPSA) is 98.8 Å². The van der Waals surface area contributed by atoms with Crippen LogP contribution in [0.4, 0.5) is 5.69 Å². The summed E-state index contributed by atoms with van der Waals surface area (Å²) >= 11 is 0. The van der Waals surface area contributed by atoms with E-state index in [1.807, 2.05) is 0 Å². The number of ether oxygens (including phenoxy) is 2. The minimum Gasteiger partial charge on any atom is -0.497 e. The van der Waals surface area contributed by atoms with Crippen molar-refractivity contribution in [3.63, 3.8) is 0 Å². The molecular formula is C18H19NO6S. The van der Waals surface area contributed by atoms with Crippen LogP contribution in [0.2, 0.25) is 0 Å². The maximum atomic E-state index is 12.3. The number of sulfone groups is 1. The number of esters is 1. The van der Waals surface area contributed by atoms with Gasteiger partial charge in [-0.1, -0.05) is 12.1 Å². The summed E-state index contributed by atoms with van der Waals surface area (Å²) in [4.78, 5) is 23.5. The highest BCUT2D eigenvalue weighted by Gasteiger charge is 2.18. The Morgan fingerprint density at radius 1 is 1.04 bits per heavy atom. The Balaban J connectivity index is 2.01. The van der Waals surface area contributed by atoms with Gasteiger partial charge in [-0.15, -0.1) is 0 Å². The predicted molar refractivity (Wildman–Crippen MR) is 96.9 cm³/mol. The van der Waals surface area contributed by atoms with Gasteiger partial charge in [-0.2, -0.15) is 0 Å². The first-order chi connectivity index (χ1) is 12.3. The van der Waals surface area contributed by atoms with Gasteiger partial charge in [-0.3, -0.25) is 4.79 Å². The Morgan fingerprint density at radius 3 is 2.35 bits per heavy atom. The zero-order valence-corrected chi connectivity index (χ0v) is 15.2. The first kappa shape index (κ1) is 19.5. The normalized spacial score (nSPS) is 10.8. The molecule has 0 aliphatic rings. The first-order valence-electron chi connectivity index (χ1n) is 7.64. The summed E-state index contributed by atoms with van der Waals surface area (Å²) in [6, 6.07) is 12.6. The molecule has 0 aromatic heterocycles. The molecule has 8 heteroatoms. The second kappa shape index (κ2) is 8.48. The molecule has 7 nitrogen and oxygen atoms in total. The lowest BCUT2D eigenvalue weighted by Gasteiger charge is -2.08. The molecule has 0 radical (unpaired) electrons. The first-order valence-corrected chi connectivity index (χ1v) is 9.46. The Labute approximate surface area is 151 Å². The summed E-state index contributed by atoms with van der Waals surface area (Å²) < 4.78 is 34.1. The summed E-state index contributed by atoms with van der Waals surface area (Å²) in [6.07, 6.45) is 0. The molecule has 0 aliphatic carbocycles. The van der Waals surface area contributed by atoms with Crippen LogP contribution in [0.15, 0.2) is 48.5 Å². The van der Waals surface area contributed by atoms with Crippen LogP contribution in [-0.2, 0) is 25.1 Å². The quantitative estimate of drug-likeness (QED) is 0.742. The fraction of sp³-hybridized carbons (Fsp3) is 0.222. The molecule has 2 aromatic carbocycles. The van der Waals surface area contributed by atoms with Crippen LogP contribution in [0.1, 0.15) is 15.9 Å². The number of carbonyl (C=O) groups is 2. The van der Waals surface area contributed by atoms with Crippen LogP contribution < -0.4 is 10.1 Å². The van der Waals surface area contributed by atoms with Gasteiger partial charge in [0.05, 0.1) is 25.5 Å². The standard InChI is InChI=1S/C18H19NO6S/c1-24-16-8-6-15(7-9-16)19-17(20)12-26(22,23)11-13-4-3-5-14(10-13)18(21)25-2/h3-10H,11-12H2,1-2H3,(H,19,20). The summed E-state index contributed by atoms with van der Waals surface area (Å²) in [5.74, 6) is -1.59. The van der Waals surface area contributed by atoms with Crippen LogP contribution in [0.5, 0.6) is 5.75 Å². The number of amides is 1. The number of hydrogen-bond acceptors (Lipinski definition) is 6. The fourth-order valence-corrected chi connectivity index (χ4v) is 3.54. The van der Waals surface area contributed by atoms with Crippen molar-refractivity contribution in [2.75, 3.05) is 25.3 Å². The molecule has 0 saturated carbocycles. The summed E-state index contributed by atoms with van der Waals surface area (Å²) in [7, 11) is -0.936. The van der Waals surface area contributed by atoms with E-state index < -0.39 is 27.5 Å². The molecule has 0 heterocycles. The van der Waals surface area contributed by atoms with E-state index in [2.05, 4.69) is 10.1 Å². The van der Waals surface area contributed by atoms with E-state index in [-0.39, 0.29) is 11.3 Å². The van der Waals surface area contributed by atoms with E-state index in [1.165, 1.54) is 26.4 Å². The van der Waals surface area contributed by atoms with Gasteiger partial charge in [0, 0.05) is 5.69 Å². The van der Waals surface area contributed by atoms with Crippen LogP contribution in [-0.4, -0.2) is 40.3 Å². The monoisotopic (exact) mass is 377 g/mol. The molecule has 1 amide bonds. The maximum Gasteiger partial charge on any atom is 0.337 e. The van der Waals surface area contributed by atoms with Crippen molar-refractivity contribution in [1.29, 1.82) is 0 Å². The number of methoxy groups -OCH3 is 2. The van der Waals surface area contributed by atoms with Gasteiger partial charge >= 0.3 is 5.97 Å². The molecular weight excluding hydrogens is 358 g/mol. The van der Waals surface area contributed by atoms with Crippen molar-refractivity contribution in [3.8, 4) is 5.75 Å². The smallest absolute Gasteiger partial charge is 0.337 e. The summed E-state index contributed by atoms with van der Waals surface area (Å²) in [5, 5.41) is 2.53. The number of carbonyl (C=O) groups excluding carboxylic acids is 2. The molecule has 0 atom stereocenters. The highest BCUT2D eigenvalue weighted by atomic mass is 32.2. The van der Waals surface area contributed by atoms with Crippen LogP contribution in [0.25, 0.3) is 0 Å². The third-order valence-corrected chi connectivity index (χ3v) is 4.93. The van der Waals surface area contributed by atoms with E-state index in [4.69, 9.17) is 4.74 Å². The van der Waals surface area contributed by atoms with Gasteiger partial charge in [0.2, 0.25) is 5.91 Å². The lowest BCUT2D eigenvalue weighted by atomic mass is 10.1. The van der Waals surface area contributed by atoms with Crippen molar-refractivity contribution in [2.24, 2.45) is 0 Å². The predicted octanol–water partition coefficient (Wildman–Crippen LogP) is 2.04. The zero-order valence-electron chi connectivity index (χ0n) is 14.4. The van der Waals surface area contributed by atoms with Crippen LogP contribution in [0.3, 0.4) is 0 Å².